The van der Waals surface area contributed by atoms with E-state index < -0.39 is 0 Å². The first-order valence-corrected chi connectivity index (χ1v) is 40.5. The van der Waals surface area contributed by atoms with Gasteiger partial charge in [0, 0.05) is 86.7 Å². The molecule has 552 valence electrons. The van der Waals surface area contributed by atoms with Gasteiger partial charge in [0.1, 0.15) is 5.58 Å². The number of furan rings is 1. The van der Waals surface area contributed by atoms with E-state index in [1.807, 2.05) is 72.0 Å². The zero-order valence-corrected chi connectivity index (χ0v) is 64.5. The third-order valence-corrected chi connectivity index (χ3v) is 23.8. The lowest BCUT2D eigenvalue weighted by molar-refractivity contribution is 0.672. The zero-order chi connectivity index (χ0) is 78.0. The number of hydrogen-bond acceptors (Lipinski definition) is 8. The number of aromatic nitrogens is 8. The molecule has 0 amide bonds. The van der Waals surface area contributed by atoms with Crippen molar-refractivity contribution >= 4 is 97.1 Å². The van der Waals surface area contributed by atoms with Crippen molar-refractivity contribution in [1.29, 1.82) is 0 Å². The fraction of sp³-hybridized carbons (Fsp3) is 0. The molecule has 23 rings (SSSR count). The SMILES string of the molecule is c1ccc(-c2ccc(-c3nc(-c4ccccc4)nc(-c4ccccc4-n4c5ccccc5c5ccc6c7cccc(-c8cccc(-c9ccccc9)c8)c7oc6c54)n3)cc2)cc1.c1ccc(-c2ccc(-c3nc(-c4ccccc4)nc(-c4ccccc4-n4c5ccccc5c5ccc6c7cccc(-c8ccccc8)c7sc6c54)n3)cc2)cc1. The van der Waals surface area contributed by atoms with Crippen molar-refractivity contribution in [2.45, 2.75) is 0 Å². The average Bonchev–Trinajstić information content (AvgIpc) is 1.56. The molecular formula is C108H68N8OS. The molecule has 0 N–H and O–H groups in total. The summed E-state index contributed by atoms with van der Waals surface area (Å²) in [5.41, 5.74) is 25.1. The summed E-state index contributed by atoms with van der Waals surface area (Å²) in [6.07, 6.45) is 0. The molecule has 0 aliphatic heterocycles. The van der Waals surface area contributed by atoms with Gasteiger partial charge in [-0.25, -0.2) is 29.9 Å². The van der Waals surface area contributed by atoms with Crippen LogP contribution in [0.3, 0.4) is 0 Å². The maximum Gasteiger partial charge on any atom is 0.166 e. The van der Waals surface area contributed by atoms with Crippen molar-refractivity contribution in [1.82, 2.24) is 39.0 Å². The molecule has 9 nitrogen and oxygen atoms in total. The summed E-state index contributed by atoms with van der Waals surface area (Å²) in [4.78, 5) is 31.0. The highest BCUT2D eigenvalue weighted by atomic mass is 32.1. The molecule has 0 aliphatic carbocycles. The van der Waals surface area contributed by atoms with Crippen LogP contribution in [0.2, 0.25) is 0 Å². The number of rotatable bonds is 13. The second-order valence-corrected chi connectivity index (χ2v) is 30.5. The number of nitrogens with zero attached hydrogens (tertiary/aromatic N) is 8. The summed E-state index contributed by atoms with van der Waals surface area (Å²) in [6, 6.07) is 144. The van der Waals surface area contributed by atoms with Gasteiger partial charge in [-0.1, -0.05) is 364 Å². The van der Waals surface area contributed by atoms with Crippen LogP contribution in [0.5, 0.6) is 0 Å². The molecule has 6 aromatic heterocycles. The van der Waals surface area contributed by atoms with E-state index in [2.05, 4.69) is 361 Å². The molecule has 118 heavy (non-hydrogen) atoms. The first kappa shape index (κ1) is 69.1. The Hall–Kier alpha value is -15.6. The van der Waals surface area contributed by atoms with Crippen LogP contribution < -0.4 is 0 Å². The van der Waals surface area contributed by atoms with Crippen LogP contribution in [0.15, 0.2) is 417 Å². The molecule has 23 aromatic rings. The van der Waals surface area contributed by atoms with Gasteiger partial charge >= 0.3 is 0 Å². The van der Waals surface area contributed by atoms with Gasteiger partial charge in [-0.3, -0.25) is 0 Å². The monoisotopic (exact) mass is 1520 g/mol. The maximum absolute atomic E-state index is 7.17. The Morgan fingerprint density at radius 3 is 1.02 bits per heavy atom. The summed E-state index contributed by atoms with van der Waals surface area (Å²) in [7, 11) is 0. The van der Waals surface area contributed by atoms with Crippen LogP contribution in [-0.2, 0) is 0 Å². The van der Waals surface area contributed by atoms with Crippen LogP contribution in [0.4, 0.5) is 0 Å². The van der Waals surface area contributed by atoms with Crippen LogP contribution in [-0.4, -0.2) is 39.0 Å². The normalized spacial score (nSPS) is 11.6. The standard InChI is InChI=1S/C57H36N4O.C51H32N4S/c1-4-16-37(17-5-1)39-30-32-41(33-31-39)56-58-55(40-20-8-3-9-21-40)59-57(60-56)49-25-11-13-29-51(49)61-50-28-12-10-24-45(50)46-34-35-48-47-27-15-26-44(53(47)62-54(48)52(46)61)43-23-14-22-42(36-43)38-18-6-2-7-19-38;1-4-15-33(16-5-1)34-27-29-37(30-28-34)50-52-49(36-19-8-3-9-20-36)53-51(54-50)43-22-11-13-26-45(43)55-44-25-12-10-21-39(44)40-31-32-42-41-24-14-23-38(35-17-6-2-7-18-35)47(41)56-48(42)46(40)55/h1-36H;1-32H. The number of fused-ring (bicyclic) bond motifs is 14. The largest absolute Gasteiger partial charge is 0.453 e. The number of hydrogen-bond donors (Lipinski definition) is 0. The topological polar surface area (TPSA) is 100 Å². The smallest absolute Gasteiger partial charge is 0.166 e. The van der Waals surface area contributed by atoms with E-state index in [1.165, 1.54) is 58.7 Å². The molecule has 0 bridgehead atoms. The quantitative estimate of drug-likeness (QED) is 0.113. The Morgan fingerprint density at radius 2 is 0.500 bits per heavy atom. The summed E-state index contributed by atoms with van der Waals surface area (Å²) in [5.74, 6) is 3.69. The highest BCUT2D eigenvalue weighted by molar-refractivity contribution is 7.27. The first-order chi connectivity index (χ1) is 58.5. The second-order valence-electron chi connectivity index (χ2n) is 29.5. The van der Waals surface area contributed by atoms with E-state index in [0.717, 1.165) is 127 Å². The molecule has 0 atom stereocenters. The van der Waals surface area contributed by atoms with Gasteiger partial charge in [-0.05, 0) is 98.6 Å². The van der Waals surface area contributed by atoms with Crippen LogP contribution >= 0.6 is 11.3 Å². The van der Waals surface area contributed by atoms with E-state index in [0.29, 0.717) is 34.9 Å². The van der Waals surface area contributed by atoms with Gasteiger partial charge in [0.15, 0.2) is 40.5 Å². The third kappa shape index (κ3) is 12.3. The van der Waals surface area contributed by atoms with Crippen LogP contribution in [0, 0.1) is 0 Å². The molecule has 0 saturated carbocycles. The molecule has 0 spiro atoms. The minimum Gasteiger partial charge on any atom is -0.453 e. The van der Waals surface area contributed by atoms with Crippen molar-refractivity contribution in [3.8, 4) is 135 Å². The Morgan fingerprint density at radius 1 is 0.186 bits per heavy atom. The molecule has 0 unspecified atom stereocenters. The average molecular weight is 1530 g/mol. The summed E-state index contributed by atoms with van der Waals surface area (Å²) < 4.78 is 14.5. The minimum absolute atomic E-state index is 0.583. The van der Waals surface area contributed by atoms with Gasteiger partial charge in [-0.2, -0.15) is 0 Å². The second kappa shape index (κ2) is 29.4. The zero-order valence-electron chi connectivity index (χ0n) is 63.7. The molecule has 10 heteroatoms. The number of benzene rings is 17. The number of thiophene rings is 1. The van der Waals surface area contributed by atoms with Gasteiger partial charge in [-0.15, -0.1) is 11.3 Å². The van der Waals surface area contributed by atoms with Crippen LogP contribution in [0.25, 0.3) is 221 Å². The fourth-order valence-electron chi connectivity index (χ4n) is 17.0. The van der Waals surface area contributed by atoms with Gasteiger partial charge in [0.05, 0.1) is 38.1 Å². The molecule has 6 heterocycles. The Labute approximate surface area is 683 Å². The van der Waals surface area contributed by atoms with E-state index in [4.69, 9.17) is 34.3 Å². The van der Waals surface area contributed by atoms with Crippen molar-refractivity contribution in [2.24, 2.45) is 0 Å². The Kier molecular flexibility index (Phi) is 17.2. The molecule has 0 aliphatic rings. The highest BCUT2D eigenvalue weighted by Crippen LogP contribution is 2.49. The Balaban J connectivity index is 0.000000143. The van der Waals surface area contributed by atoms with Crippen molar-refractivity contribution in [3.63, 3.8) is 0 Å². The van der Waals surface area contributed by atoms with E-state index in [-0.39, 0.29) is 0 Å². The maximum atomic E-state index is 7.17. The van der Waals surface area contributed by atoms with Crippen molar-refractivity contribution in [3.05, 3.63) is 413 Å². The summed E-state index contributed by atoms with van der Waals surface area (Å²) in [5, 5.41) is 9.32. The molecule has 17 aromatic carbocycles. The summed E-state index contributed by atoms with van der Waals surface area (Å²) >= 11 is 1.88. The van der Waals surface area contributed by atoms with Gasteiger partial charge < -0.3 is 13.6 Å². The molecule has 0 radical (unpaired) electrons. The minimum atomic E-state index is 0.583. The van der Waals surface area contributed by atoms with Gasteiger partial charge in [0.2, 0.25) is 0 Å². The van der Waals surface area contributed by atoms with Crippen molar-refractivity contribution < 1.29 is 4.42 Å². The van der Waals surface area contributed by atoms with Crippen LogP contribution in [0.1, 0.15) is 0 Å². The lowest BCUT2D eigenvalue weighted by atomic mass is 9.97. The third-order valence-electron chi connectivity index (χ3n) is 22.6. The van der Waals surface area contributed by atoms with E-state index in [9.17, 15) is 0 Å². The van der Waals surface area contributed by atoms with E-state index >= 15 is 0 Å². The summed E-state index contributed by atoms with van der Waals surface area (Å²) in [6.45, 7) is 0. The molecule has 0 saturated heterocycles. The lowest BCUT2D eigenvalue weighted by Gasteiger charge is -2.15. The van der Waals surface area contributed by atoms with Crippen molar-refractivity contribution in [2.75, 3.05) is 0 Å². The molecular weight excluding hydrogens is 1460 g/mol. The highest BCUT2D eigenvalue weighted by Gasteiger charge is 2.27. The van der Waals surface area contributed by atoms with E-state index in [1.54, 1.807) is 0 Å². The first-order valence-electron chi connectivity index (χ1n) is 39.6. The molecule has 0 fully saturated rings. The number of para-hydroxylation sites is 5. The Bertz CT molecular complexity index is 7760. The fourth-order valence-corrected chi connectivity index (χ4v) is 18.3. The lowest BCUT2D eigenvalue weighted by Crippen LogP contribution is -2.03. The van der Waals surface area contributed by atoms with Gasteiger partial charge in [0.25, 0.3) is 0 Å². The predicted molar refractivity (Wildman–Crippen MR) is 488 cm³/mol. The predicted octanol–water partition coefficient (Wildman–Crippen LogP) is 28.5.